The molecule has 33 heavy (non-hydrogen) atoms. The molecule has 2 aromatic heterocycles. The summed E-state index contributed by atoms with van der Waals surface area (Å²) in [5.41, 5.74) is 12.5. The van der Waals surface area contributed by atoms with Crippen molar-refractivity contribution in [3.8, 4) is 28.5 Å². The van der Waals surface area contributed by atoms with E-state index in [0.29, 0.717) is 17.7 Å². The Morgan fingerprint density at radius 3 is 2.21 bits per heavy atom. The van der Waals surface area contributed by atoms with Crippen molar-refractivity contribution < 1.29 is 5.11 Å². The molecule has 1 aliphatic carbocycles. The van der Waals surface area contributed by atoms with Gasteiger partial charge in [-0.25, -0.2) is 9.97 Å². The van der Waals surface area contributed by atoms with Gasteiger partial charge in [0.1, 0.15) is 23.2 Å². The molecule has 6 rings (SSSR count). The van der Waals surface area contributed by atoms with Crippen molar-refractivity contribution in [2.24, 2.45) is 10.7 Å². The van der Waals surface area contributed by atoms with Crippen LogP contribution in [0.5, 0.6) is 5.75 Å². The Hall–Kier alpha value is -3.84. The maximum Gasteiger partial charge on any atom is 0.138 e. The standard InChI is InChI=1S/C25H22N6O.ClH/c26-23(27-17-4-2-5-17)14-7-9-19-21(12-14)30-25(29-19)16-8-10-20-22(13-16)31-24(28-20)15-3-1-6-18(32)11-15;/h1,3,6-13,17,32H,2,4-5H2,(H2,26,27)(H,28,31)(H,29,30);1H. The number of nitrogens with zero attached hydrogens (tertiary/aromatic N) is 3. The predicted octanol–water partition coefficient (Wildman–Crippen LogP) is 5.16. The summed E-state index contributed by atoms with van der Waals surface area (Å²) < 4.78 is 0. The van der Waals surface area contributed by atoms with Gasteiger partial charge in [0.25, 0.3) is 0 Å². The number of phenolic OH excluding ortho intramolecular Hbond substituents is 1. The van der Waals surface area contributed by atoms with Crippen molar-refractivity contribution in [3.63, 3.8) is 0 Å². The number of aromatic hydroxyl groups is 1. The Kier molecular flexibility index (Phi) is 5.26. The third kappa shape index (κ3) is 3.91. The van der Waals surface area contributed by atoms with E-state index in [1.165, 1.54) is 6.42 Å². The molecule has 5 aromatic rings. The second-order valence-corrected chi connectivity index (χ2v) is 8.28. The molecule has 2 heterocycles. The topological polar surface area (TPSA) is 116 Å². The summed E-state index contributed by atoms with van der Waals surface area (Å²) in [6.07, 6.45) is 3.49. The number of phenols is 1. The minimum Gasteiger partial charge on any atom is -0.508 e. The van der Waals surface area contributed by atoms with Gasteiger partial charge in [-0.2, -0.15) is 0 Å². The quantitative estimate of drug-likeness (QED) is 0.220. The fourth-order valence-corrected chi connectivity index (χ4v) is 4.04. The molecule has 5 N–H and O–H groups in total. The molecule has 1 fully saturated rings. The molecule has 8 heteroatoms. The first-order chi connectivity index (χ1) is 15.6. The Labute approximate surface area is 196 Å². The SMILES string of the molecule is Cl.NC(=NC1CCC1)c1ccc2nc(-c3ccc4nc(-c5cccc(O)c5)[nH]c4c3)[nH]c2c1. The van der Waals surface area contributed by atoms with E-state index in [-0.39, 0.29) is 18.2 Å². The number of aromatic amines is 2. The zero-order chi connectivity index (χ0) is 21.7. The van der Waals surface area contributed by atoms with Gasteiger partial charge in [-0.15, -0.1) is 12.4 Å². The zero-order valence-corrected chi connectivity index (χ0v) is 18.6. The number of imidazole rings is 2. The van der Waals surface area contributed by atoms with Crippen molar-refractivity contribution in [2.45, 2.75) is 25.3 Å². The van der Waals surface area contributed by atoms with Crippen LogP contribution in [0.4, 0.5) is 0 Å². The molecule has 0 saturated heterocycles. The number of benzene rings is 3. The van der Waals surface area contributed by atoms with Crippen molar-refractivity contribution >= 4 is 40.3 Å². The third-order valence-corrected chi connectivity index (χ3v) is 6.05. The van der Waals surface area contributed by atoms with E-state index >= 15 is 0 Å². The smallest absolute Gasteiger partial charge is 0.138 e. The first kappa shape index (κ1) is 21.0. The summed E-state index contributed by atoms with van der Waals surface area (Å²) in [5, 5.41) is 9.75. The lowest BCUT2D eigenvalue weighted by Crippen LogP contribution is -2.22. The van der Waals surface area contributed by atoms with Crippen LogP contribution in [0.3, 0.4) is 0 Å². The van der Waals surface area contributed by atoms with E-state index < -0.39 is 0 Å². The predicted molar refractivity (Wildman–Crippen MR) is 134 cm³/mol. The molecule has 0 amide bonds. The largest absolute Gasteiger partial charge is 0.508 e. The number of hydrogen-bond donors (Lipinski definition) is 4. The van der Waals surface area contributed by atoms with Crippen LogP contribution in [-0.2, 0) is 0 Å². The zero-order valence-electron chi connectivity index (χ0n) is 17.7. The highest BCUT2D eigenvalue weighted by Crippen LogP contribution is 2.28. The van der Waals surface area contributed by atoms with Crippen LogP contribution in [0, 0.1) is 0 Å². The third-order valence-electron chi connectivity index (χ3n) is 6.05. The highest BCUT2D eigenvalue weighted by molar-refractivity contribution is 6.00. The van der Waals surface area contributed by atoms with E-state index in [2.05, 4.69) is 19.9 Å². The van der Waals surface area contributed by atoms with E-state index in [9.17, 15) is 5.11 Å². The highest BCUT2D eigenvalue weighted by atomic mass is 35.5. The highest BCUT2D eigenvalue weighted by Gasteiger charge is 2.17. The number of rotatable bonds is 4. The first-order valence-electron chi connectivity index (χ1n) is 10.8. The van der Waals surface area contributed by atoms with Gasteiger partial charge in [-0.1, -0.05) is 12.1 Å². The Balaban J connectivity index is 0.00000228. The maximum atomic E-state index is 9.75. The summed E-state index contributed by atoms with van der Waals surface area (Å²) in [6.45, 7) is 0. The van der Waals surface area contributed by atoms with Crippen LogP contribution in [0.1, 0.15) is 24.8 Å². The molecular weight excluding hydrogens is 436 g/mol. The monoisotopic (exact) mass is 458 g/mol. The van der Waals surface area contributed by atoms with Gasteiger partial charge in [-0.05, 0) is 67.8 Å². The molecule has 166 valence electrons. The minimum absolute atomic E-state index is 0. The molecule has 1 saturated carbocycles. The first-order valence-corrected chi connectivity index (χ1v) is 10.8. The molecule has 1 aliphatic rings. The Morgan fingerprint density at radius 2 is 1.55 bits per heavy atom. The number of aromatic nitrogens is 4. The van der Waals surface area contributed by atoms with Crippen molar-refractivity contribution in [2.75, 3.05) is 0 Å². The molecule has 7 nitrogen and oxygen atoms in total. The van der Waals surface area contributed by atoms with Crippen LogP contribution in [-0.4, -0.2) is 36.9 Å². The molecular formula is C25H23ClN6O. The molecule has 0 aliphatic heterocycles. The average Bonchev–Trinajstić information content (AvgIpc) is 3.39. The number of halogens is 1. The summed E-state index contributed by atoms with van der Waals surface area (Å²) >= 11 is 0. The molecule has 0 bridgehead atoms. The Bertz CT molecular complexity index is 1500. The number of nitrogens with one attached hydrogen (secondary N) is 2. The fourth-order valence-electron chi connectivity index (χ4n) is 4.04. The second-order valence-electron chi connectivity index (χ2n) is 8.28. The lowest BCUT2D eigenvalue weighted by molar-refractivity contribution is 0.420. The van der Waals surface area contributed by atoms with Gasteiger partial charge in [-0.3, -0.25) is 4.99 Å². The minimum atomic E-state index is 0. The van der Waals surface area contributed by atoms with Gasteiger partial charge in [0.05, 0.1) is 28.1 Å². The van der Waals surface area contributed by atoms with E-state index in [0.717, 1.165) is 57.4 Å². The summed E-state index contributed by atoms with van der Waals surface area (Å²) in [5.74, 6) is 2.29. The number of amidine groups is 1. The molecule has 3 aromatic carbocycles. The normalized spacial score (nSPS) is 14.4. The maximum absolute atomic E-state index is 9.75. The van der Waals surface area contributed by atoms with Gasteiger partial charge in [0.2, 0.25) is 0 Å². The molecule has 0 radical (unpaired) electrons. The van der Waals surface area contributed by atoms with Crippen LogP contribution < -0.4 is 5.73 Å². The van der Waals surface area contributed by atoms with Crippen LogP contribution in [0.2, 0.25) is 0 Å². The molecule has 0 atom stereocenters. The van der Waals surface area contributed by atoms with Gasteiger partial charge >= 0.3 is 0 Å². The molecule has 0 spiro atoms. The number of H-pyrrole nitrogens is 2. The summed E-state index contributed by atoms with van der Waals surface area (Å²) in [7, 11) is 0. The number of nitrogens with two attached hydrogens (primary N) is 1. The van der Waals surface area contributed by atoms with Crippen molar-refractivity contribution in [1.29, 1.82) is 0 Å². The van der Waals surface area contributed by atoms with E-state index in [1.807, 2.05) is 42.5 Å². The van der Waals surface area contributed by atoms with Gasteiger partial charge < -0.3 is 20.8 Å². The molecule has 0 unspecified atom stereocenters. The Morgan fingerprint density at radius 1 is 0.879 bits per heavy atom. The van der Waals surface area contributed by atoms with Crippen LogP contribution in [0.15, 0.2) is 65.7 Å². The lowest BCUT2D eigenvalue weighted by atomic mass is 9.94. The average molecular weight is 459 g/mol. The lowest BCUT2D eigenvalue weighted by Gasteiger charge is -2.21. The van der Waals surface area contributed by atoms with E-state index in [1.54, 1.807) is 18.2 Å². The van der Waals surface area contributed by atoms with E-state index in [4.69, 9.17) is 10.7 Å². The second kappa shape index (κ2) is 8.26. The van der Waals surface area contributed by atoms with Gasteiger partial charge in [0.15, 0.2) is 0 Å². The number of fused-ring (bicyclic) bond motifs is 2. The summed E-state index contributed by atoms with van der Waals surface area (Å²) in [6, 6.07) is 19.4. The number of aliphatic imine (C=N–C) groups is 1. The van der Waals surface area contributed by atoms with Crippen molar-refractivity contribution in [1.82, 2.24) is 19.9 Å². The van der Waals surface area contributed by atoms with Crippen LogP contribution in [0.25, 0.3) is 44.8 Å². The van der Waals surface area contributed by atoms with Gasteiger partial charge in [0, 0.05) is 16.7 Å². The van der Waals surface area contributed by atoms with Crippen LogP contribution >= 0.6 is 12.4 Å². The summed E-state index contributed by atoms with van der Waals surface area (Å²) in [4.78, 5) is 20.8. The fraction of sp³-hybridized carbons (Fsp3) is 0.160. The number of hydrogen-bond acceptors (Lipinski definition) is 4. The van der Waals surface area contributed by atoms with Crippen molar-refractivity contribution in [3.05, 3.63) is 66.2 Å².